The molecule has 3 aromatic rings. The summed E-state index contributed by atoms with van der Waals surface area (Å²) in [6.45, 7) is 0.344. The molecular weight excluding hydrogens is 294 g/mol. The van der Waals surface area contributed by atoms with Crippen LogP contribution in [0.5, 0.6) is 0 Å². The number of anilines is 1. The number of para-hydroxylation sites is 1. The molecule has 5 nitrogen and oxygen atoms in total. The molecule has 5 heteroatoms. The summed E-state index contributed by atoms with van der Waals surface area (Å²) in [6, 6.07) is 13.5. The fourth-order valence-electron chi connectivity index (χ4n) is 3.16. The van der Waals surface area contributed by atoms with Gasteiger partial charge in [0.1, 0.15) is 11.2 Å². The zero-order valence-corrected chi connectivity index (χ0v) is 12.6. The molecule has 1 aliphatic heterocycles. The summed E-state index contributed by atoms with van der Waals surface area (Å²) < 4.78 is 10.6. The number of carbonyl (C=O) groups excluding carboxylic acids is 2. The van der Waals surface area contributed by atoms with Crippen LogP contribution in [0.4, 0.5) is 5.69 Å². The molecule has 0 bridgehead atoms. The molecule has 4 rings (SSSR count). The number of ether oxygens (including phenoxy) is 1. The molecule has 0 saturated carbocycles. The predicted molar refractivity (Wildman–Crippen MR) is 86.2 cm³/mol. The van der Waals surface area contributed by atoms with Gasteiger partial charge in [0.05, 0.1) is 13.0 Å². The normalized spacial score (nSPS) is 18.0. The van der Waals surface area contributed by atoms with Gasteiger partial charge in [0.2, 0.25) is 5.91 Å². The minimum absolute atomic E-state index is 0.0733. The number of benzene rings is 2. The number of amides is 1. The number of methoxy groups -OCH3 is 1. The molecule has 1 fully saturated rings. The third-order valence-electron chi connectivity index (χ3n) is 4.33. The number of hydrogen-bond acceptors (Lipinski definition) is 4. The van der Waals surface area contributed by atoms with Crippen molar-refractivity contribution in [1.29, 1.82) is 0 Å². The Morgan fingerprint density at radius 3 is 2.78 bits per heavy atom. The van der Waals surface area contributed by atoms with Crippen molar-refractivity contribution in [1.82, 2.24) is 0 Å². The molecule has 1 atom stereocenters. The van der Waals surface area contributed by atoms with Crippen molar-refractivity contribution in [2.75, 3.05) is 18.6 Å². The van der Waals surface area contributed by atoms with Gasteiger partial charge in [-0.2, -0.15) is 0 Å². The van der Waals surface area contributed by atoms with Gasteiger partial charge in [-0.15, -0.1) is 0 Å². The van der Waals surface area contributed by atoms with Gasteiger partial charge in [-0.25, -0.2) is 0 Å². The molecule has 2 aromatic carbocycles. The molecule has 0 radical (unpaired) electrons. The van der Waals surface area contributed by atoms with Gasteiger partial charge in [-0.3, -0.25) is 9.59 Å². The Labute approximate surface area is 132 Å². The quantitative estimate of drug-likeness (QED) is 0.682. The average Bonchev–Trinajstić information content (AvgIpc) is 3.13. The first-order valence-electron chi connectivity index (χ1n) is 7.47. The van der Waals surface area contributed by atoms with Crippen LogP contribution >= 0.6 is 0 Å². The maximum atomic E-state index is 12.2. The summed E-state index contributed by atoms with van der Waals surface area (Å²) in [5, 5.41) is 2.06. The van der Waals surface area contributed by atoms with Crippen LogP contribution in [-0.2, 0) is 14.3 Å². The number of fused-ring (bicyclic) bond motifs is 3. The highest BCUT2D eigenvalue weighted by molar-refractivity contribution is 6.07. The Hall–Kier alpha value is -2.82. The molecule has 1 saturated heterocycles. The van der Waals surface area contributed by atoms with Crippen LogP contribution < -0.4 is 4.90 Å². The van der Waals surface area contributed by atoms with Gasteiger partial charge in [-0.1, -0.05) is 18.2 Å². The van der Waals surface area contributed by atoms with Crippen molar-refractivity contribution in [3.05, 3.63) is 42.5 Å². The second-order valence-corrected chi connectivity index (χ2v) is 5.71. The van der Waals surface area contributed by atoms with E-state index in [0.29, 0.717) is 6.54 Å². The van der Waals surface area contributed by atoms with Gasteiger partial charge in [-0.05, 0) is 18.2 Å². The van der Waals surface area contributed by atoms with E-state index in [9.17, 15) is 9.59 Å². The molecule has 2 heterocycles. The maximum absolute atomic E-state index is 12.2. The fourth-order valence-corrected chi connectivity index (χ4v) is 3.16. The Morgan fingerprint density at radius 2 is 1.96 bits per heavy atom. The van der Waals surface area contributed by atoms with E-state index in [1.807, 2.05) is 42.5 Å². The number of carbonyl (C=O) groups is 2. The molecule has 1 aliphatic rings. The van der Waals surface area contributed by atoms with Crippen molar-refractivity contribution in [3.63, 3.8) is 0 Å². The zero-order valence-electron chi connectivity index (χ0n) is 12.6. The first kappa shape index (κ1) is 13.8. The number of nitrogens with zero attached hydrogens (tertiary/aromatic N) is 1. The first-order valence-corrected chi connectivity index (χ1v) is 7.47. The second-order valence-electron chi connectivity index (χ2n) is 5.71. The van der Waals surface area contributed by atoms with Gasteiger partial charge in [0.15, 0.2) is 0 Å². The molecule has 0 aliphatic carbocycles. The molecule has 116 valence electrons. The summed E-state index contributed by atoms with van der Waals surface area (Å²) in [4.78, 5) is 25.5. The smallest absolute Gasteiger partial charge is 0.311 e. The zero-order chi connectivity index (χ0) is 16.0. The fraction of sp³-hybridized carbons (Fsp3) is 0.222. The monoisotopic (exact) mass is 309 g/mol. The SMILES string of the molecule is COC(=O)[C@H]1CC(=O)N(c2ccc3c(c2)oc2ccccc23)C1. The first-order chi connectivity index (χ1) is 11.2. The lowest BCUT2D eigenvalue weighted by Crippen LogP contribution is -2.26. The maximum Gasteiger partial charge on any atom is 0.311 e. The van der Waals surface area contributed by atoms with Crippen molar-refractivity contribution < 1.29 is 18.7 Å². The van der Waals surface area contributed by atoms with Crippen LogP contribution in [0.15, 0.2) is 46.9 Å². The number of esters is 1. The van der Waals surface area contributed by atoms with E-state index in [1.54, 1.807) is 4.90 Å². The van der Waals surface area contributed by atoms with E-state index >= 15 is 0 Å². The van der Waals surface area contributed by atoms with Crippen LogP contribution in [0.25, 0.3) is 21.9 Å². The highest BCUT2D eigenvalue weighted by atomic mass is 16.5. The molecule has 1 amide bonds. The van der Waals surface area contributed by atoms with Crippen LogP contribution in [0.2, 0.25) is 0 Å². The van der Waals surface area contributed by atoms with E-state index in [1.165, 1.54) is 7.11 Å². The molecular formula is C18H15NO4. The lowest BCUT2D eigenvalue weighted by molar-refractivity contribution is -0.145. The minimum Gasteiger partial charge on any atom is -0.469 e. The van der Waals surface area contributed by atoms with E-state index in [2.05, 4.69) is 0 Å². The topological polar surface area (TPSA) is 59.8 Å². The Bertz CT molecular complexity index is 927. The van der Waals surface area contributed by atoms with Gasteiger partial charge >= 0.3 is 5.97 Å². The Kier molecular flexibility index (Phi) is 3.08. The van der Waals surface area contributed by atoms with Gasteiger partial charge < -0.3 is 14.1 Å². The summed E-state index contributed by atoms with van der Waals surface area (Å²) in [5.74, 6) is -0.819. The minimum atomic E-state index is -0.404. The predicted octanol–water partition coefficient (Wildman–Crippen LogP) is 3.11. The highest BCUT2D eigenvalue weighted by Crippen LogP contribution is 2.33. The van der Waals surface area contributed by atoms with E-state index in [-0.39, 0.29) is 18.3 Å². The van der Waals surface area contributed by atoms with Crippen molar-refractivity contribution in [2.45, 2.75) is 6.42 Å². The highest BCUT2D eigenvalue weighted by Gasteiger charge is 2.35. The number of furan rings is 1. The van der Waals surface area contributed by atoms with Crippen molar-refractivity contribution in [2.24, 2.45) is 5.92 Å². The van der Waals surface area contributed by atoms with Gasteiger partial charge in [0.25, 0.3) is 0 Å². The van der Waals surface area contributed by atoms with Crippen LogP contribution in [0, 0.1) is 5.92 Å². The standard InChI is InChI=1S/C18H15NO4/c1-22-18(21)11-8-17(20)19(10-11)12-6-7-14-13-4-2-3-5-15(13)23-16(14)9-12/h2-7,9,11H,8,10H2,1H3/t11-/m0/s1. The Balaban J connectivity index is 1.73. The summed E-state index contributed by atoms with van der Waals surface area (Å²) in [6.07, 6.45) is 0.185. The number of hydrogen-bond donors (Lipinski definition) is 0. The third-order valence-corrected chi connectivity index (χ3v) is 4.33. The van der Waals surface area contributed by atoms with Gasteiger partial charge in [0, 0.05) is 35.5 Å². The molecule has 1 aromatic heterocycles. The largest absolute Gasteiger partial charge is 0.469 e. The lowest BCUT2D eigenvalue weighted by Gasteiger charge is -2.16. The van der Waals surface area contributed by atoms with Crippen molar-refractivity contribution >= 4 is 39.5 Å². The third kappa shape index (κ3) is 2.16. The number of rotatable bonds is 2. The summed E-state index contributed by atoms with van der Waals surface area (Å²) >= 11 is 0. The molecule has 0 N–H and O–H groups in total. The summed E-state index contributed by atoms with van der Waals surface area (Å²) in [5.41, 5.74) is 2.30. The average molecular weight is 309 g/mol. The van der Waals surface area contributed by atoms with E-state index < -0.39 is 5.92 Å². The second kappa shape index (κ2) is 5.12. The molecule has 0 unspecified atom stereocenters. The molecule has 23 heavy (non-hydrogen) atoms. The van der Waals surface area contributed by atoms with E-state index in [4.69, 9.17) is 9.15 Å². The van der Waals surface area contributed by atoms with Crippen LogP contribution in [-0.4, -0.2) is 25.5 Å². The molecule has 0 spiro atoms. The van der Waals surface area contributed by atoms with Crippen LogP contribution in [0.1, 0.15) is 6.42 Å². The summed E-state index contributed by atoms with van der Waals surface area (Å²) in [7, 11) is 1.34. The lowest BCUT2D eigenvalue weighted by atomic mass is 10.1. The van der Waals surface area contributed by atoms with E-state index in [0.717, 1.165) is 27.6 Å². The van der Waals surface area contributed by atoms with Crippen LogP contribution in [0.3, 0.4) is 0 Å². The van der Waals surface area contributed by atoms with Crippen molar-refractivity contribution in [3.8, 4) is 0 Å². The Morgan fingerprint density at radius 1 is 1.17 bits per heavy atom.